The van der Waals surface area contributed by atoms with E-state index in [0.29, 0.717) is 28.3 Å². The van der Waals surface area contributed by atoms with Crippen LogP contribution in [0, 0.1) is 20.8 Å². The highest BCUT2D eigenvalue weighted by atomic mass is 16.5. The van der Waals surface area contributed by atoms with Crippen molar-refractivity contribution in [3.8, 4) is 5.95 Å². The number of hydrogen-bond acceptors (Lipinski definition) is 6. The van der Waals surface area contributed by atoms with E-state index in [0.717, 1.165) is 4.68 Å². The molecule has 0 unspecified atom stereocenters. The summed E-state index contributed by atoms with van der Waals surface area (Å²) < 4.78 is 6.05. The number of carbonyl (C=O) groups is 1. The number of aromatic amines is 2. The number of esters is 1. The zero-order valence-electron chi connectivity index (χ0n) is 15.7. The van der Waals surface area contributed by atoms with Crippen molar-refractivity contribution in [2.45, 2.75) is 40.5 Å². The van der Waals surface area contributed by atoms with Crippen molar-refractivity contribution in [2.24, 2.45) is 0 Å². The number of hydrogen-bond donors (Lipinski definition) is 2. The van der Waals surface area contributed by atoms with Crippen molar-refractivity contribution < 1.29 is 9.53 Å². The summed E-state index contributed by atoms with van der Waals surface area (Å²) in [5, 5.41) is 2.85. The smallest absolute Gasteiger partial charge is 0.306 e. The monoisotopic (exact) mass is 371 g/mol. The van der Waals surface area contributed by atoms with E-state index in [2.05, 4.69) is 20.1 Å². The van der Waals surface area contributed by atoms with Crippen LogP contribution in [-0.4, -0.2) is 37.3 Å². The van der Waals surface area contributed by atoms with Gasteiger partial charge in [0.05, 0.1) is 6.61 Å². The number of H-pyrrole nitrogens is 2. The average Bonchev–Trinajstić information content (AvgIpc) is 2.90. The molecule has 3 rings (SSSR count). The second-order valence-electron chi connectivity index (χ2n) is 6.32. The van der Waals surface area contributed by atoms with Crippen molar-refractivity contribution in [2.75, 3.05) is 6.61 Å². The Bertz CT molecular complexity index is 1120. The molecule has 3 heterocycles. The SMILES string of the molecule is CCOC(=O)CCc1c(C)[nH]c2[nH]n(-c3nc(C)cc(C)n3)c(=O)c2c1=O. The Morgan fingerprint density at radius 2 is 1.85 bits per heavy atom. The Kier molecular flexibility index (Phi) is 4.93. The van der Waals surface area contributed by atoms with Crippen LogP contribution in [0.3, 0.4) is 0 Å². The molecule has 9 nitrogen and oxygen atoms in total. The molecule has 9 heteroatoms. The van der Waals surface area contributed by atoms with Crippen LogP contribution in [0.2, 0.25) is 0 Å². The minimum Gasteiger partial charge on any atom is -0.466 e. The first kappa shape index (κ1) is 18.6. The number of aromatic nitrogens is 5. The van der Waals surface area contributed by atoms with Gasteiger partial charge in [-0.15, -0.1) is 0 Å². The minimum absolute atomic E-state index is 0.0118. The third-order valence-corrected chi connectivity index (χ3v) is 4.21. The van der Waals surface area contributed by atoms with E-state index in [1.165, 1.54) is 0 Å². The predicted molar refractivity (Wildman–Crippen MR) is 99.3 cm³/mol. The highest BCUT2D eigenvalue weighted by Gasteiger charge is 2.19. The van der Waals surface area contributed by atoms with E-state index in [1.54, 1.807) is 33.8 Å². The lowest BCUT2D eigenvalue weighted by atomic mass is 10.1. The molecule has 3 aromatic rings. The molecule has 0 aliphatic heterocycles. The van der Waals surface area contributed by atoms with Gasteiger partial charge in [-0.25, -0.2) is 9.97 Å². The van der Waals surface area contributed by atoms with Crippen LogP contribution < -0.4 is 11.0 Å². The number of fused-ring (bicyclic) bond motifs is 1. The molecular formula is C18H21N5O4. The second-order valence-corrected chi connectivity index (χ2v) is 6.32. The Balaban J connectivity index is 2.11. The number of rotatable bonds is 5. The van der Waals surface area contributed by atoms with Gasteiger partial charge in [-0.05, 0) is 40.2 Å². The molecule has 27 heavy (non-hydrogen) atoms. The van der Waals surface area contributed by atoms with E-state index >= 15 is 0 Å². The molecular weight excluding hydrogens is 350 g/mol. The largest absolute Gasteiger partial charge is 0.466 e. The first-order valence-electron chi connectivity index (χ1n) is 8.66. The van der Waals surface area contributed by atoms with Gasteiger partial charge in [0.25, 0.3) is 11.5 Å². The number of ether oxygens (including phenoxy) is 1. The van der Waals surface area contributed by atoms with Gasteiger partial charge in [-0.2, -0.15) is 4.68 Å². The zero-order chi connectivity index (χ0) is 19.7. The third kappa shape index (κ3) is 3.53. The van der Waals surface area contributed by atoms with Crippen LogP contribution in [0.4, 0.5) is 0 Å². The summed E-state index contributed by atoms with van der Waals surface area (Å²) >= 11 is 0. The van der Waals surface area contributed by atoms with E-state index in [-0.39, 0.29) is 36.8 Å². The molecule has 0 atom stereocenters. The highest BCUT2D eigenvalue weighted by molar-refractivity contribution is 5.76. The van der Waals surface area contributed by atoms with Crippen LogP contribution in [0.1, 0.15) is 36.0 Å². The normalized spacial score (nSPS) is 11.1. The van der Waals surface area contributed by atoms with Crippen LogP contribution in [0.5, 0.6) is 0 Å². The number of nitrogens with one attached hydrogen (secondary N) is 2. The van der Waals surface area contributed by atoms with Crippen molar-refractivity contribution in [1.82, 2.24) is 24.7 Å². The van der Waals surface area contributed by atoms with E-state index in [4.69, 9.17) is 4.74 Å². The molecule has 2 N–H and O–H groups in total. The summed E-state index contributed by atoms with van der Waals surface area (Å²) in [6, 6.07) is 1.79. The summed E-state index contributed by atoms with van der Waals surface area (Å²) in [5.74, 6) is -0.210. The Morgan fingerprint density at radius 1 is 1.19 bits per heavy atom. The number of nitrogens with zero attached hydrogens (tertiary/aromatic N) is 3. The summed E-state index contributed by atoms with van der Waals surface area (Å²) in [6.45, 7) is 7.33. The molecule has 142 valence electrons. The fourth-order valence-corrected chi connectivity index (χ4v) is 3.03. The fourth-order valence-electron chi connectivity index (χ4n) is 3.03. The molecule has 0 aromatic carbocycles. The summed E-state index contributed by atoms with van der Waals surface area (Å²) in [4.78, 5) is 48.8. The lowest BCUT2D eigenvalue weighted by Gasteiger charge is -2.05. The van der Waals surface area contributed by atoms with Gasteiger partial charge in [0.15, 0.2) is 5.43 Å². The van der Waals surface area contributed by atoms with Crippen LogP contribution >= 0.6 is 0 Å². The molecule has 0 aliphatic carbocycles. The third-order valence-electron chi connectivity index (χ3n) is 4.21. The van der Waals surface area contributed by atoms with Gasteiger partial charge >= 0.3 is 5.97 Å². The second kappa shape index (κ2) is 7.18. The molecule has 0 fully saturated rings. The molecule has 0 amide bonds. The van der Waals surface area contributed by atoms with E-state index in [9.17, 15) is 14.4 Å². The summed E-state index contributed by atoms with van der Waals surface area (Å²) in [6.07, 6.45) is 0.267. The van der Waals surface area contributed by atoms with Crippen LogP contribution in [-0.2, 0) is 16.0 Å². The predicted octanol–water partition coefficient (Wildman–Crippen LogP) is 1.22. The fraction of sp³-hybridized carbons (Fsp3) is 0.389. The van der Waals surface area contributed by atoms with Crippen molar-refractivity contribution in [1.29, 1.82) is 0 Å². The molecule has 0 aliphatic rings. The standard InChI is InChI=1S/C18H21N5O4/c1-5-27-13(24)7-6-12-11(4)21-16-14(15(12)25)17(26)23(22-16)18-19-9(2)8-10(3)20-18/h8H,5-7H2,1-4H3,(H2,21,22,25). The van der Waals surface area contributed by atoms with Gasteiger partial charge in [-0.3, -0.25) is 19.5 Å². The van der Waals surface area contributed by atoms with E-state index in [1.807, 2.05) is 0 Å². The van der Waals surface area contributed by atoms with Gasteiger partial charge in [0, 0.05) is 29.1 Å². The minimum atomic E-state index is -0.534. The Morgan fingerprint density at radius 3 is 2.48 bits per heavy atom. The topological polar surface area (TPSA) is 123 Å². The van der Waals surface area contributed by atoms with E-state index < -0.39 is 11.0 Å². The maximum absolute atomic E-state index is 12.9. The average molecular weight is 371 g/mol. The maximum atomic E-state index is 12.9. The molecule has 0 saturated carbocycles. The Hall–Kier alpha value is -3.23. The van der Waals surface area contributed by atoms with Gasteiger partial charge < -0.3 is 9.72 Å². The first-order chi connectivity index (χ1) is 12.8. The molecule has 0 saturated heterocycles. The number of carbonyl (C=O) groups excluding carboxylic acids is 1. The number of pyridine rings is 1. The van der Waals surface area contributed by atoms with Gasteiger partial charge in [0.1, 0.15) is 11.0 Å². The van der Waals surface area contributed by atoms with Crippen molar-refractivity contribution >= 4 is 17.0 Å². The van der Waals surface area contributed by atoms with Gasteiger partial charge in [0.2, 0.25) is 0 Å². The Labute approximate surface area is 154 Å². The maximum Gasteiger partial charge on any atom is 0.306 e. The first-order valence-corrected chi connectivity index (χ1v) is 8.66. The zero-order valence-corrected chi connectivity index (χ0v) is 15.7. The van der Waals surface area contributed by atoms with Gasteiger partial charge in [-0.1, -0.05) is 0 Å². The summed E-state index contributed by atoms with van der Waals surface area (Å²) in [5.41, 5.74) is 1.75. The number of aryl methyl sites for hydroxylation is 3. The van der Waals surface area contributed by atoms with Crippen LogP contribution in [0.25, 0.3) is 17.0 Å². The van der Waals surface area contributed by atoms with Crippen molar-refractivity contribution in [3.05, 3.63) is 49.3 Å². The molecule has 0 radical (unpaired) electrons. The molecule has 3 aromatic heterocycles. The molecule has 0 bridgehead atoms. The summed E-state index contributed by atoms with van der Waals surface area (Å²) in [7, 11) is 0. The molecule has 0 spiro atoms. The van der Waals surface area contributed by atoms with Crippen LogP contribution in [0.15, 0.2) is 15.7 Å². The van der Waals surface area contributed by atoms with Crippen molar-refractivity contribution in [3.63, 3.8) is 0 Å². The highest BCUT2D eigenvalue weighted by Crippen LogP contribution is 2.11. The lowest BCUT2D eigenvalue weighted by Crippen LogP contribution is -2.23. The lowest BCUT2D eigenvalue weighted by molar-refractivity contribution is -0.143. The quantitative estimate of drug-likeness (QED) is 0.650.